The number of aliphatic hydroxyl groups is 2. The van der Waals surface area contributed by atoms with Gasteiger partial charge in [-0.3, -0.25) is 4.79 Å². The molecule has 204 valence electrons. The third-order valence-electron chi connectivity index (χ3n) is 9.94. The van der Waals surface area contributed by atoms with Crippen molar-refractivity contribution in [2.75, 3.05) is 33.4 Å². The smallest absolute Gasteiger partial charge is 0.416 e. The number of alkyl carbamates (subject to hydrolysis) is 2. The summed E-state index contributed by atoms with van der Waals surface area (Å²) in [5, 5.41) is 22.6. The van der Waals surface area contributed by atoms with E-state index < -0.39 is 35.2 Å². The average Bonchev–Trinajstić information content (AvgIpc) is 3.17. The van der Waals surface area contributed by atoms with Crippen LogP contribution in [0.5, 0.6) is 0 Å². The predicted octanol–water partition coefficient (Wildman–Crippen LogP) is 3.14. The summed E-state index contributed by atoms with van der Waals surface area (Å²) in [5.41, 5.74) is -1.76. The highest BCUT2D eigenvalue weighted by molar-refractivity contribution is 5.88. The van der Waals surface area contributed by atoms with Crippen molar-refractivity contribution in [1.29, 1.82) is 0 Å². The molecule has 1 unspecified atom stereocenters. The number of likely N-dealkylation sites (N-methyl/N-ethyl adjacent to an activating group) is 1. The highest BCUT2D eigenvalue weighted by Crippen LogP contribution is 2.67. The van der Waals surface area contributed by atoms with Crippen LogP contribution in [0.1, 0.15) is 59.8 Å². The summed E-state index contributed by atoms with van der Waals surface area (Å²) >= 11 is 0. The fourth-order valence-corrected chi connectivity index (χ4v) is 7.36. The lowest BCUT2D eigenvalue weighted by Crippen LogP contribution is -2.63. The van der Waals surface area contributed by atoms with E-state index in [1.54, 1.807) is 18.0 Å². The van der Waals surface area contributed by atoms with Crippen molar-refractivity contribution in [3.8, 4) is 0 Å². The number of amides is 2. The van der Waals surface area contributed by atoms with E-state index in [2.05, 4.69) is 25.7 Å². The quantitative estimate of drug-likeness (QED) is 0.448. The summed E-state index contributed by atoms with van der Waals surface area (Å²) in [7, 11) is 1.78. The first-order chi connectivity index (χ1) is 16.9. The van der Waals surface area contributed by atoms with E-state index in [0.29, 0.717) is 19.5 Å². The van der Waals surface area contributed by atoms with E-state index in [1.807, 2.05) is 13.8 Å². The van der Waals surface area contributed by atoms with Crippen LogP contribution in [0.2, 0.25) is 0 Å². The Balaban J connectivity index is 1.84. The van der Waals surface area contributed by atoms with Gasteiger partial charge in [0.05, 0.1) is 12.7 Å². The highest BCUT2D eigenvalue weighted by Gasteiger charge is 2.68. The molecule has 9 nitrogen and oxygen atoms in total. The number of carbonyl (C=O) groups excluding carboxylic acids is 3. The van der Waals surface area contributed by atoms with E-state index in [4.69, 9.17) is 14.6 Å². The zero-order valence-electron chi connectivity index (χ0n) is 22.4. The maximum Gasteiger partial charge on any atom is 0.416 e. The molecule has 3 N–H and O–H groups in total. The van der Waals surface area contributed by atoms with Crippen molar-refractivity contribution >= 4 is 18.0 Å². The van der Waals surface area contributed by atoms with Gasteiger partial charge >= 0.3 is 12.2 Å². The van der Waals surface area contributed by atoms with E-state index in [0.717, 1.165) is 19.3 Å². The second-order valence-electron chi connectivity index (χ2n) is 11.8. The number of hydrogen-bond acceptors (Lipinski definition) is 8. The monoisotopic (exact) mass is 508 g/mol. The molecule has 0 saturated heterocycles. The Bertz CT molecular complexity index is 865. The molecule has 0 aromatic heterocycles. The van der Waals surface area contributed by atoms with Gasteiger partial charge in [-0.05, 0) is 50.0 Å². The minimum Gasteiger partial charge on any atom is -0.448 e. The molecule has 8 atom stereocenters. The lowest BCUT2D eigenvalue weighted by atomic mass is 9.44. The van der Waals surface area contributed by atoms with Crippen molar-refractivity contribution in [3.63, 3.8) is 0 Å². The molecule has 0 spiro atoms. The Hall–Kier alpha value is -1.97. The maximum absolute atomic E-state index is 13.4. The number of Topliss-reactive ketones (excluding diaryl/α,β-unsaturated/α-hetero) is 1. The number of hydrogen-bond donors (Lipinski definition) is 3. The number of carbonyl (C=O) groups is 3. The Kier molecular flexibility index (Phi) is 8.57. The number of aliphatic hydroxyl groups excluding tert-OH is 2. The number of ether oxygens (including phenoxy) is 2. The Morgan fingerprint density at radius 2 is 1.92 bits per heavy atom. The number of nitrogens with zero attached hydrogens (tertiary/aromatic N) is 1. The standard InChI is InChI=1S/C27H44N2O7/c1-7-25(4)16-20(36-24(34)28-23(33)35-15-13-29(6)12-14-30)26(5)17(2)8-10-27(18(3)22(25)32)11-9-19(31)21(26)27/h7,17-18,20-22,30,32H,1,8-16H2,2-6H3,(H,28,33,34)/t17?,18-,20+,21-,22-,25+,26+,27-/m0/s1. The van der Waals surface area contributed by atoms with Gasteiger partial charge in [-0.25, -0.2) is 14.9 Å². The summed E-state index contributed by atoms with van der Waals surface area (Å²) in [5.74, 6) is -0.177. The van der Waals surface area contributed by atoms with Crippen LogP contribution in [0.4, 0.5) is 9.59 Å². The Labute approximate surface area is 214 Å². The van der Waals surface area contributed by atoms with Gasteiger partial charge in [0.25, 0.3) is 0 Å². The summed E-state index contributed by atoms with van der Waals surface area (Å²) < 4.78 is 11.0. The molecule has 36 heavy (non-hydrogen) atoms. The lowest BCUT2D eigenvalue weighted by Gasteiger charge is -2.61. The van der Waals surface area contributed by atoms with Crippen molar-refractivity contribution < 1.29 is 34.1 Å². The molecule has 3 fully saturated rings. The van der Waals surface area contributed by atoms with E-state index in [1.165, 1.54) is 0 Å². The normalized spacial score (nSPS) is 40.1. The summed E-state index contributed by atoms with van der Waals surface area (Å²) in [6, 6.07) is 0. The first-order valence-electron chi connectivity index (χ1n) is 13.1. The van der Waals surface area contributed by atoms with Gasteiger partial charge in [0, 0.05) is 36.3 Å². The molecule has 2 amide bonds. The van der Waals surface area contributed by atoms with Crippen molar-refractivity contribution in [2.45, 2.75) is 72.0 Å². The first kappa shape index (κ1) is 28.6. The largest absolute Gasteiger partial charge is 0.448 e. The zero-order valence-corrected chi connectivity index (χ0v) is 22.4. The molecule has 0 radical (unpaired) electrons. The molecule has 0 aromatic carbocycles. The molecular formula is C27H44N2O7. The minimum absolute atomic E-state index is 0.00448. The average molecular weight is 509 g/mol. The molecule has 2 bridgehead atoms. The second kappa shape index (κ2) is 10.8. The highest BCUT2D eigenvalue weighted by atomic mass is 16.6. The number of rotatable bonds is 7. The van der Waals surface area contributed by atoms with Crippen LogP contribution in [0.3, 0.4) is 0 Å². The maximum atomic E-state index is 13.4. The molecule has 0 aromatic rings. The van der Waals surface area contributed by atoms with Crippen LogP contribution in [0.15, 0.2) is 12.7 Å². The van der Waals surface area contributed by atoms with Gasteiger partial charge in [-0.1, -0.05) is 33.8 Å². The van der Waals surface area contributed by atoms with Crippen LogP contribution in [-0.2, 0) is 14.3 Å². The molecule has 0 aliphatic heterocycles. The van der Waals surface area contributed by atoms with Gasteiger partial charge in [0.15, 0.2) is 0 Å². The molecule has 0 heterocycles. The van der Waals surface area contributed by atoms with Crippen molar-refractivity contribution in [1.82, 2.24) is 10.2 Å². The molecule has 9 heteroatoms. The Morgan fingerprint density at radius 3 is 2.56 bits per heavy atom. The van der Waals surface area contributed by atoms with Gasteiger partial charge in [-0.2, -0.15) is 0 Å². The summed E-state index contributed by atoms with van der Waals surface area (Å²) in [6.45, 7) is 13.0. The van der Waals surface area contributed by atoms with E-state index in [-0.39, 0.29) is 48.6 Å². The molecule has 3 aliphatic rings. The van der Waals surface area contributed by atoms with E-state index >= 15 is 0 Å². The molecular weight excluding hydrogens is 464 g/mol. The Morgan fingerprint density at radius 1 is 1.22 bits per heavy atom. The number of nitrogens with one attached hydrogen (secondary N) is 1. The van der Waals surface area contributed by atoms with Crippen LogP contribution >= 0.6 is 0 Å². The SMILES string of the molecule is C=C[C@]1(C)C[C@@H](OC(=O)NC(=O)OCCN(C)CCO)[C@@]2(C)C(C)CC[C@]3(CCC(=O)[C@H]32)[C@@H](C)[C@@H]1O. The fourth-order valence-electron chi connectivity index (χ4n) is 7.36. The van der Waals surface area contributed by atoms with Gasteiger partial charge in [-0.15, -0.1) is 6.58 Å². The van der Waals surface area contributed by atoms with Crippen molar-refractivity contribution in [3.05, 3.63) is 12.7 Å². The van der Waals surface area contributed by atoms with Crippen molar-refractivity contribution in [2.24, 2.45) is 34.0 Å². The van der Waals surface area contributed by atoms with Gasteiger partial charge in [0.2, 0.25) is 0 Å². The predicted molar refractivity (Wildman–Crippen MR) is 134 cm³/mol. The van der Waals surface area contributed by atoms with Crippen LogP contribution < -0.4 is 5.32 Å². The van der Waals surface area contributed by atoms with Crippen LogP contribution in [0, 0.1) is 34.0 Å². The number of ketones is 1. The topological polar surface area (TPSA) is 125 Å². The fraction of sp³-hybridized carbons (Fsp3) is 0.815. The molecule has 3 rings (SSSR count). The first-order valence-corrected chi connectivity index (χ1v) is 13.1. The lowest BCUT2D eigenvalue weighted by molar-refractivity contribution is -0.191. The van der Waals surface area contributed by atoms with Crippen LogP contribution in [0.25, 0.3) is 0 Å². The summed E-state index contributed by atoms with van der Waals surface area (Å²) in [6.07, 6.45) is 1.60. The van der Waals surface area contributed by atoms with Gasteiger partial charge < -0.3 is 24.6 Å². The number of imide groups is 1. The van der Waals surface area contributed by atoms with E-state index in [9.17, 15) is 19.5 Å². The summed E-state index contributed by atoms with van der Waals surface area (Å²) in [4.78, 5) is 40.3. The second-order valence-corrected chi connectivity index (χ2v) is 11.8. The zero-order chi connectivity index (χ0) is 26.9. The minimum atomic E-state index is -0.932. The van der Waals surface area contributed by atoms with Gasteiger partial charge in [0.1, 0.15) is 18.5 Å². The third-order valence-corrected chi connectivity index (χ3v) is 9.94. The third kappa shape index (κ3) is 4.94. The molecule has 3 aliphatic carbocycles. The van der Waals surface area contributed by atoms with Crippen LogP contribution in [-0.4, -0.2) is 78.6 Å². The molecule has 3 saturated carbocycles.